The lowest BCUT2D eigenvalue weighted by atomic mass is 9.97. The maximum absolute atomic E-state index is 3.68. The summed E-state index contributed by atoms with van der Waals surface area (Å²) in [4.78, 5) is 0. The molecule has 0 bridgehead atoms. The third kappa shape index (κ3) is 2.15. The van der Waals surface area contributed by atoms with Crippen molar-refractivity contribution in [3.8, 4) is 0 Å². The molecule has 3 aromatic rings. The van der Waals surface area contributed by atoms with Crippen LogP contribution in [0.25, 0.3) is 10.9 Å². The van der Waals surface area contributed by atoms with Crippen molar-refractivity contribution < 1.29 is 0 Å². The molecule has 1 unspecified atom stereocenters. The van der Waals surface area contributed by atoms with Crippen LogP contribution in [-0.4, -0.2) is 11.1 Å². The van der Waals surface area contributed by atoms with Gasteiger partial charge in [-0.3, -0.25) is 0 Å². The average Bonchev–Trinajstić information content (AvgIpc) is 2.93. The third-order valence-corrected chi connectivity index (χ3v) is 4.76. The standard InChI is InChI=1S/C20H22N2/c1-14(2)15-7-9-16(10-8-15)20-19-13-17-5-3-4-6-18(17)22(19)12-11-21-20/h3-10,13-14,20-21H,11-12H2,1-2H3. The Bertz CT molecular complexity index is 796. The van der Waals surface area contributed by atoms with Crippen molar-refractivity contribution in [2.24, 2.45) is 0 Å². The molecule has 0 amide bonds. The molecule has 0 saturated carbocycles. The van der Waals surface area contributed by atoms with Gasteiger partial charge in [0.1, 0.15) is 0 Å². The second-order valence-electron chi connectivity index (χ2n) is 6.49. The van der Waals surface area contributed by atoms with Crippen LogP contribution in [0, 0.1) is 0 Å². The summed E-state index contributed by atoms with van der Waals surface area (Å²) in [6, 6.07) is 20.4. The van der Waals surface area contributed by atoms with E-state index in [0.717, 1.165) is 13.1 Å². The van der Waals surface area contributed by atoms with Crippen molar-refractivity contribution >= 4 is 10.9 Å². The zero-order valence-electron chi connectivity index (χ0n) is 13.2. The molecule has 0 saturated heterocycles. The van der Waals surface area contributed by atoms with Crippen molar-refractivity contribution in [2.45, 2.75) is 32.4 Å². The van der Waals surface area contributed by atoms with Crippen molar-refractivity contribution in [3.05, 3.63) is 71.4 Å². The minimum atomic E-state index is 0.294. The van der Waals surface area contributed by atoms with Crippen LogP contribution in [0.2, 0.25) is 0 Å². The van der Waals surface area contributed by atoms with E-state index in [1.165, 1.54) is 27.7 Å². The minimum Gasteiger partial charge on any atom is -0.341 e. The lowest BCUT2D eigenvalue weighted by Crippen LogP contribution is -2.33. The van der Waals surface area contributed by atoms with E-state index in [-0.39, 0.29) is 0 Å². The Labute approximate surface area is 131 Å². The van der Waals surface area contributed by atoms with E-state index in [0.29, 0.717) is 12.0 Å². The summed E-state index contributed by atoms with van der Waals surface area (Å²) in [5.41, 5.74) is 5.49. The highest BCUT2D eigenvalue weighted by Gasteiger charge is 2.23. The highest BCUT2D eigenvalue weighted by atomic mass is 15.1. The van der Waals surface area contributed by atoms with Gasteiger partial charge in [-0.2, -0.15) is 0 Å². The number of benzene rings is 2. The summed E-state index contributed by atoms with van der Waals surface area (Å²) in [5.74, 6) is 0.583. The van der Waals surface area contributed by atoms with Crippen LogP contribution in [0.4, 0.5) is 0 Å². The first-order valence-electron chi connectivity index (χ1n) is 8.15. The number of nitrogens with zero attached hydrogens (tertiary/aromatic N) is 1. The van der Waals surface area contributed by atoms with Crippen molar-refractivity contribution in [1.29, 1.82) is 0 Å². The predicted octanol–water partition coefficient (Wildman–Crippen LogP) is 4.46. The molecule has 0 radical (unpaired) electrons. The van der Waals surface area contributed by atoms with Gasteiger partial charge in [0.2, 0.25) is 0 Å². The fourth-order valence-corrected chi connectivity index (χ4v) is 3.51. The number of rotatable bonds is 2. The highest BCUT2D eigenvalue weighted by Crippen LogP contribution is 2.31. The Morgan fingerprint density at radius 1 is 1.05 bits per heavy atom. The topological polar surface area (TPSA) is 17.0 Å². The Morgan fingerprint density at radius 2 is 1.82 bits per heavy atom. The molecule has 1 aliphatic heterocycles. The number of para-hydroxylation sites is 1. The van der Waals surface area contributed by atoms with Crippen LogP contribution in [0.15, 0.2) is 54.6 Å². The van der Waals surface area contributed by atoms with E-state index in [2.05, 4.69) is 78.3 Å². The molecule has 22 heavy (non-hydrogen) atoms. The van der Waals surface area contributed by atoms with Gasteiger partial charge >= 0.3 is 0 Å². The van der Waals surface area contributed by atoms with Gasteiger partial charge in [0.05, 0.1) is 6.04 Å². The summed E-state index contributed by atoms with van der Waals surface area (Å²) >= 11 is 0. The molecule has 1 aromatic heterocycles. The van der Waals surface area contributed by atoms with Gasteiger partial charge in [-0.1, -0.05) is 56.3 Å². The van der Waals surface area contributed by atoms with Crippen LogP contribution >= 0.6 is 0 Å². The third-order valence-electron chi connectivity index (χ3n) is 4.76. The van der Waals surface area contributed by atoms with Gasteiger partial charge in [-0.15, -0.1) is 0 Å². The minimum absolute atomic E-state index is 0.294. The fourth-order valence-electron chi connectivity index (χ4n) is 3.51. The van der Waals surface area contributed by atoms with Crippen LogP contribution in [0.5, 0.6) is 0 Å². The van der Waals surface area contributed by atoms with Crippen LogP contribution in [-0.2, 0) is 6.54 Å². The molecule has 2 heterocycles. The molecule has 2 heteroatoms. The summed E-state index contributed by atoms with van der Waals surface area (Å²) in [5, 5.41) is 5.02. The van der Waals surface area contributed by atoms with Gasteiger partial charge in [-0.05, 0) is 34.6 Å². The Balaban J connectivity index is 1.78. The van der Waals surface area contributed by atoms with E-state index in [1.54, 1.807) is 0 Å². The first kappa shape index (κ1) is 13.6. The van der Waals surface area contributed by atoms with Crippen molar-refractivity contribution in [2.75, 3.05) is 6.54 Å². The molecular formula is C20H22N2. The first-order chi connectivity index (χ1) is 10.7. The van der Waals surface area contributed by atoms with Crippen molar-refractivity contribution in [3.63, 3.8) is 0 Å². The van der Waals surface area contributed by atoms with Gasteiger partial charge in [0.25, 0.3) is 0 Å². The molecular weight excluding hydrogens is 268 g/mol. The van der Waals surface area contributed by atoms with Crippen LogP contribution in [0.3, 0.4) is 0 Å². The Hall–Kier alpha value is -2.06. The molecule has 112 valence electrons. The highest BCUT2D eigenvalue weighted by molar-refractivity contribution is 5.81. The predicted molar refractivity (Wildman–Crippen MR) is 92.3 cm³/mol. The van der Waals surface area contributed by atoms with Gasteiger partial charge in [-0.25, -0.2) is 0 Å². The largest absolute Gasteiger partial charge is 0.341 e. The van der Waals surface area contributed by atoms with Gasteiger partial charge in [0.15, 0.2) is 0 Å². The average molecular weight is 290 g/mol. The molecule has 2 aromatic carbocycles. The lowest BCUT2D eigenvalue weighted by molar-refractivity contribution is 0.475. The zero-order chi connectivity index (χ0) is 15.1. The quantitative estimate of drug-likeness (QED) is 0.737. The van der Waals surface area contributed by atoms with E-state index in [4.69, 9.17) is 0 Å². The van der Waals surface area contributed by atoms with E-state index in [1.807, 2.05) is 0 Å². The molecule has 0 fully saturated rings. The van der Waals surface area contributed by atoms with E-state index < -0.39 is 0 Å². The maximum atomic E-state index is 3.68. The molecule has 4 rings (SSSR count). The summed E-state index contributed by atoms with van der Waals surface area (Å²) < 4.78 is 2.47. The molecule has 1 atom stereocenters. The summed E-state index contributed by atoms with van der Waals surface area (Å²) in [6.07, 6.45) is 0. The monoisotopic (exact) mass is 290 g/mol. The number of nitrogens with one attached hydrogen (secondary N) is 1. The maximum Gasteiger partial charge on any atom is 0.0732 e. The number of hydrogen-bond acceptors (Lipinski definition) is 1. The Morgan fingerprint density at radius 3 is 2.59 bits per heavy atom. The number of fused-ring (bicyclic) bond motifs is 3. The first-order valence-corrected chi connectivity index (χ1v) is 8.15. The fraction of sp³-hybridized carbons (Fsp3) is 0.300. The zero-order valence-corrected chi connectivity index (χ0v) is 13.2. The molecule has 2 nitrogen and oxygen atoms in total. The van der Waals surface area contributed by atoms with E-state index in [9.17, 15) is 0 Å². The van der Waals surface area contributed by atoms with Crippen molar-refractivity contribution in [1.82, 2.24) is 9.88 Å². The lowest BCUT2D eigenvalue weighted by Gasteiger charge is -2.27. The molecule has 1 aliphatic rings. The second kappa shape index (κ2) is 5.29. The SMILES string of the molecule is CC(C)c1ccc(C2NCCn3c2cc2ccccc23)cc1. The second-order valence-corrected chi connectivity index (χ2v) is 6.49. The van der Waals surface area contributed by atoms with E-state index >= 15 is 0 Å². The number of hydrogen-bond donors (Lipinski definition) is 1. The molecule has 0 spiro atoms. The molecule has 1 N–H and O–H groups in total. The van der Waals surface area contributed by atoms with Crippen LogP contribution in [0.1, 0.15) is 42.6 Å². The van der Waals surface area contributed by atoms with Gasteiger partial charge in [0, 0.05) is 24.3 Å². The van der Waals surface area contributed by atoms with Gasteiger partial charge < -0.3 is 9.88 Å². The Kier molecular flexibility index (Phi) is 3.27. The number of aromatic nitrogens is 1. The smallest absolute Gasteiger partial charge is 0.0732 e. The summed E-state index contributed by atoms with van der Waals surface area (Å²) in [7, 11) is 0. The van der Waals surface area contributed by atoms with Crippen LogP contribution < -0.4 is 5.32 Å². The summed E-state index contributed by atoms with van der Waals surface area (Å²) in [6.45, 7) is 6.54. The molecule has 0 aliphatic carbocycles. The normalized spacial score (nSPS) is 17.9.